The summed E-state index contributed by atoms with van der Waals surface area (Å²) in [4.78, 5) is 22.7. The molecule has 4 nitrogen and oxygen atoms in total. The van der Waals surface area contributed by atoms with Crippen LogP contribution in [0.2, 0.25) is 10.0 Å². The second-order valence-electron chi connectivity index (χ2n) is 3.81. The zero-order valence-electron chi connectivity index (χ0n) is 10.9. The fourth-order valence-corrected chi connectivity index (χ4v) is 2.45. The maximum atomic E-state index is 11.6. The third kappa shape index (κ3) is 6.50. The van der Waals surface area contributed by atoms with E-state index in [9.17, 15) is 9.59 Å². The van der Waals surface area contributed by atoms with Crippen molar-refractivity contribution in [3.63, 3.8) is 0 Å². The first-order chi connectivity index (χ1) is 9.52. The van der Waals surface area contributed by atoms with Gasteiger partial charge in [0.2, 0.25) is 5.91 Å². The maximum absolute atomic E-state index is 11.6. The summed E-state index contributed by atoms with van der Waals surface area (Å²) in [5.41, 5.74) is 0.791. The van der Waals surface area contributed by atoms with Crippen molar-refractivity contribution in [2.75, 3.05) is 18.1 Å². The predicted octanol–water partition coefficient (Wildman–Crippen LogP) is 2.91. The van der Waals surface area contributed by atoms with E-state index < -0.39 is 0 Å². The van der Waals surface area contributed by atoms with Gasteiger partial charge >= 0.3 is 5.97 Å². The summed E-state index contributed by atoms with van der Waals surface area (Å²) >= 11 is 13.0. The van der Waals surface area contributed by atoms with Gasteiger partial charge in [0.1, 0.15) is 0 Å². The van der Waals surface area contributed by atoms with Crippen molar-refractivity contribution < 1.29 is 14.3 Å². The van der Waals surface area contributed by atoms with Gasteiger partial charge in [-0.25, -0.2) is 0 Å². The number of amides is 1. The molecule has 0 aromatic heterocycles. The van der Waals surface area contributed by atoms with Gasteiger partial charge in [0.25, 0.3) is 0 Å². The Hall–Kier alpha value is -0.910. The first-order valence-electron chi connectivity index (χ1n) is 5.97. The maximum Gasteiger partial charge on any atom is 0.315 e. The number of ether oxygens (including phenoxy) is 1. The van der Waals surface area contributed by atoms with E-state index in [2.05, 4.69) is 5.32 Å². The fourth-order valence-electron chi connectivity index (χ4n) is 1.34. The van der Waals surface area contributed by atoms with E-state index in [1.54, 1.807) is 25.1 Å². The van der Waals surface area contributed by atoms with Crippen LogP contribution in [0.3, 0.4) is 0 Å². The molecule has 0 heterocycles. The second-order valence-corrected chi connectivity index (χ2v) is 5.64. The first-order valence-corrected chi connectivity index (χ1v) is 7.88. The molecule has 0 saturated heterocycles. The molecule has 0 aliphatic carbocycles. The lowest BCUT2D eigenvalue weighted by molar-refractivity contribution is -0.139. The number of thioether (sulfide) groups is 1. The van der Waals surface area contributed by atoms with E-state index in [4.69, 9.17) is 27.9 Å². The van der Waals surface area contributed by atoms with Gasteiger partial charge in [0.15, 0.2) is 0 Å². The lowest BCUT2D eigenvalue weighted by Gasteiger charge is -2.07. The summed E-state index contributed by atoms with van der Waals surface area (Å²) in [6.45, 7) is 2.42. The van der Waals surface area contributed by atoms with Gasteiger partial charge in [-0.05, 0) is 24.6 Å². The van der Waals surface area contributed by atoms with Crippen LogP contribution in [0, 0.1) is 0 Å². The van der Waals surface area contributed by atoms with E-state index in [0.29, 0.717) is 23.2 Å². The number of hydrogen-bond donors (Lipinski definition) is 1. The number of benzene rings is 1. The molecule has 0 radical (unpaired) electrons. The standard InChI is InChI=1S/C13H15Cl2NO3S/c1-2-19-13(18)8-20-7-12(17)16-6-9-3-4-10(14)5-11(9)15/h3-5H,2,6-8H2,1H3,(H,16,17). The zero-order valence-corrected chi connectivity index (χ0v) is 13.3. The quantitative estimate of drug-likeness (QED) is 0.778. The fraction of sp³-hybridized carbons (Fsp3) is 0.385. The van der Waals surface area contributed by atoms with Crippen molar-refractivity contribution in [1.29, 1.82) is 0 Å². The number of carbonyl (C=O) groups is 2. The number of halogens is 2. The molecule has 0 atom stereocenters. The van der Waals surface area contributed by atoms with Crippen LogP contribution in [0.1, 0.15) is 12.5 Å². The minimum absolute atomic E-state index is 0.162. The average molecular weight is 336 g/mol. The van der Waals surface area contributed by atoms with E-state index >= 15 is 0 Å². The third-order valence-corrected chi connectivity index (χ3v) is 3.74. The van der Waals surface area contributed by atoms with Crippen LogP contribution < -0.4 is 5.32 Å². The molecule has 1 amide bonds. The van der Waals surface area contributed by atoms with Crippen LogP contribution in [0.15, 0.2) is 18.2 Å². The Bertz CT molecular complexity index is 483. The molecule has 0 bridgehead atoms. The largest absolute Gasteiger partial charge is 0.465 e. The molecule has 0 fully saturated rings. The van der Waals surface area contributed by atoms with Crippen LogP contribution in [0.4, 0.5) is 0 Å². The van der Waals surface area contributed by atoms with Crippen molar-refractivity contribution in [2.24, 2.45) is 0 Å². The highest BCUT2D eigenvalue weighted by molar-refractivity contribution is 8.00. The second kappa shape index (κ2) is 9.10. The summed E-state index contributed by atoms with van der Waals surface area (Å²) in [6.07, 6.45) is 0. The summed E-state index contributed by atoms with van der Waals surface area (Å²) in [7, 11) is 0. The molecule has 7 heteroatoms. The molecule has 1 aromatic carbocycles. The molecule has 20 heavy (non-hydrogen) atoms. The van der Waals surface area contributed by atoms with Gasteiger partial charge in [-0.1, -0.05) is 29.3 Å². The number of hydrogen-bond acceptors (Lipinski definition) is 4. The smallest absolute Gasteiger partial charge is 0.315 e. The third-order valence-electron chi connectivity index (χ3n) is 2.25. The normalized spacial score (nSPS) is 10.2. The van der Waals surface area contributed by atoms with Gasteiger partial charge in [0, 0.05) is 16.6 Å². The SMILES string of the molecule is CCOC(=O)CSCC(=O)NCc1ccc(Cl)cc1Cl. The van der Waals surface area contributed by atoms with Crippen LogP contribution >= 0.6 is 35.0 Å². The van der Waals surface area contributed by atoms with Gasteiger partial charge in [-0.2, -0.15) is 0 Å². The lowest BCUT2D eigenvalue weighted by Crippen LogP contribution is -2.25. The Morgan fingerprint density at radius 2 is 2.05 bits per heavy atom. The number of nitrogens with one attached hydrogen (secondary N) is 1. The van der Waals surface area contributed by atoms with E-state index in [1.807, 2.05) is 0 Å². The topological polar surface area (TPSA) is 55.4 Å². The highest BCUT2D eigenvalue weighted by Gasteiger charge is 2.07. The first kappa shape index (κ1) is 17.1. The van der Waals surface area contributed by atoms with Crippen LogP contribution in [0.25, 0.3) is 0 Å². The lowest BCUT2D eigenvalue weighted by atomic mass is 10.2. The molecular weight excluding hydrogens is 321 g/mol. The van der Waals surface area contributed by atoms with Crippen molar-refractivity contribution in [3.05, 3.63) is 33.8 Å². The molecule has 0 spiro atoms. The van der Waals surface area contributed by atoms with Crippen molar-refractivity contribution in [2.45, 2.75) is 13.5 Å². The molecule has 0 aliphatic heterocycles. The van der Waals surface area contributed by atoms with Gasteiger partial charge < -0.3 is 10.1 Å². The van der Waals surface area contributed by atoms with E-state index in [0.717, 1.165) is 5.56 Å². The highest BCUT2D eigenvalue weighted by atomic mass is 35.5. The van der Waals surface area contributed by atoms with Crippen LogP contribution in [-0.4, -0.2) is 30.0 Å². The monoisotopic (exact) mass is 335 g/mol. The minimum Gasteiger partial charge on any atom is -0.465 e. The Morgan fingerprint density at radius 1 is 1.30 bits per heavy atom. The Morgan fingerprint density at radius 3 is 2.70 bits per heavy atom. The predicted molar refractivity (Wildman–Crippen MR) is 82.3 cm³/mol. The molecule has 1 aromatic rings. The molecule has 1 rings (SSSR count). The highest BCUT2D eigenvalue weighted by Crippen LogP contribution is 2.20. The average Bonchev–Trinajstić information content (AvgIpc) is 2.38. The molecule has 0 aliphatic rings. The van der Waals surface area contributed by atoms with Gasteiger partial charge in [0.05, 0.1) is 18.1 Å². The minimum atomic E-state index is -0.314. The number of esters is 1. The Kier molecular flexibility index (Phi) is 7.80. The van der Waals surface area contributed by atoms with Crippen molar-refractivity contribution in [3.8, 4) is 0 Å². The Balaban J connectivity index is 2.28. The zero-order chi connectivity index (χ0) is 15.0. The van der Waals surface area contributed by atoms with E-state index in [-0.39, 0.29) is 23.4 Å². The van der Waals surface area contributed by atoms with Gasteiger partial charge in [-0.15, -0.1) is 11.8 Å². The van der Waals surface area contributed by atoms with E-state index in [1.165, 1.54) is 11.8 Å². The summed E-state index contributed by atoms with van der Waals surface area (Å²) in [6, 6.07) is 5.10. The van der Waals surface area contributed by atoms with Gasteiger partial charge in [-0.3, -0.25) is 9.59 Å². The summed E-state index contributed by atoms with van der Waals surface area (Å²) in [5, 5.41) is 3.79. The number of rotatable bonds is 7. The molecule has 1 N–H and O–H groups in total. The molecular formula is C13H15Cl2NO3S. The summed E-state index contributed by atoms with van der Waals surface area (Å²) in [5.74, 6) is -0.108. The van der Waals surface area contributed by atoms with Crippen molar-refractivity contribution in [1.82, 2.24) is 5.32 Å². The van der Waals surface area contributed by atoms with Crippen LogP contribution in [0.5, 0.6) is 0 Å². The van der Waals surface area contributed by atoms with Crippen LogP contribution in [-0.2, 0) is 20.9 Å². The molecule has 110 valence electrons. The molecule has 0 unspecified atom stereocenters. The van der Waals surface area contributed by atoms with Crippen molar-refractivity contribution >= 4 is 46.8 Å². The number of carbonyl (C=O) groups excluding carboxylic acids is 2. The molecule has 0 saturated carbocycles. The summed E-state index contributed by atoms with van der Waals surface area (Å²) < 4.78 is 4.76. The Labute approximate surface area is 132 Å².